The van der Waals surface area contributed by atoms with Crippen LogP contribution < -0.4 is 0 Å². The van der Waals surface area contributed by atoms with Gasteiger partial charge in [0.15, 0.2) is 0 Å². The van der Waals surface area contributed by atoms with Crippen LogP contribution in [0.4, 0.5) is 0 Å². The normalized spacial score (nSPS) is 11.3. The molecule has 6 rings (SSSR count). The SMILES string of the molecule is Cc1nc(-c2cccc(-c3cccnc3)c2)cc(-c2cccc3c2sc2ccccc23)n1. The van der Waals surface area contributed by atoms with Crippen LogP contribution >= 0.6 is 11.3 Å². The maximum Gasteiger partial charge on any atom is 0.126 e. The number of thiophene rings is 1. The molecule has 3 heterocycles. The number of rotatable bonds is 3. The van der Waals surface area contributed by atoms with Crippen molar-refractivity contribution in [2.75, 3.05) is 0 Å². The molecule has 0 aliphatic rings. The van der Waals surface area contributed by atoms with Gasteiger partial charge in [0.05, 0.1) is 11.4 Å². The molecule has 0 aliphatic carbocycles. The Bertz CT molecular complexity index is 1590. The highest BCUT2D eigenvalue weighted by Gasteiger charge is 2.13. The number of pyridine rings is 1. The van der Waals surface area contributed by atoms with Gasteiger partial charge in [0.2, 0.25) is 0 Å². The number of aromatic nitrogens is 3. The molecule has 3 aromatic heterocycles. The molecule has 0 spiro atoms. The second kappa shape index (κ2) is 7.66. The van der Waals surface area contributed by atoms with Crippen molar-refractivity contribution in [2.24, 2.45) is 0 Å². The molecule has 3 aromatic carbocycles. The standard InChI is InChI=1S/C28H19N3S/c1-18-30-25(20-8-4-7-19(15-20)21-9-6-14-29-17-21)16-26(31-18)24-12-5-11-23-22-10-2-3-13-27(22)32-28(23)24/h2-17H,1H3. The predicted molar refractivity (Wildman–Crippen MR) is 134 cm³/mol. The molecule has 3 nitrogen and oxygen atoms in total. The van der Waals surface area contributed by atoms with Crippen molar-refractivity contribution in [3.8, 4) is 33.6 Å². The van der Waals surface area contributed by atoms with Crippen LogP contribution in [0.2, 0.25) is 0 Å². The second-order valence-corrected chi connectivity index (χ2v) is 8.84. The van der Waals surface area contributed by atoms with Gasteiger partial charge >= 0.3 is 0 Å². The van der Waals surface area contributed by atoms with Crippen LogP contribution in [0.1, 0.15) is 5.82 Å². The lowest BCUT2D eigenvalue weighted by Gasteiger charge is -2.09. The van der Waals surface area contributed by atoms with E-state index in [1.54, 1.807) is 6.20 Å². The van der Waals surface area contributed by atoms with E-state index in [0.717, 1.165) is 39.5 Å². The third-order valence-electron chi connectivity index (χ3n) is 5.67. The van der Waals surface area contributed by atoms with Gasteiger partial charge in [-0.2, -0.15) is 0 Å². The molecule has 0 atom stereocenters. The Morgan fingerprint density at radius 2 is 1.44 bits per heavy atom. The van der Waals surface area contributed by atoms with Gasteiger partial charge in [-0.1, -0.05) is 60.7 Å². The van der Waals surface area contributed by atoms with Crippen molar-refractivity contribution in [1.82, 2.24) is 15.0 Å². The minimum absolute atomic E-state index is 0.766. The molecule has 0 saturated heterocycles. The third-order valence-corrected chi connectivity index (χ3v) is 6.89. The van der Waals surface area contributed by atoms with E-state index < -0.39 is 0 Å². The first-order valence-corrected chi connectivity index (χ1v) is 11.3. The van der Waals surface area contributed by atoms with E-state index in [-0.39, 0.29) is 0 Å². The van der Waals surface area contributed by atoms with Crippen molar-refractivity contribution in [2.45, 2.75) is 6.92 Å². The Hall–Kier alpha value is -3.89. The Labute approximate surface area is 190 Å². The quantitative estimate of drug-likeness (QED) is 0.291. The summed E-state index contributed by atoms with van der Waals surface area (Å²) in [7, 11) is 0. The van der Waals surface area contributed by atoms with Gasteiger partial charge < -0.3 is 0 Å². The summed E-state index contributed by atoms with van der Waals surface area (Å²) < 4.78 is 2.56. The zero-order chi connectivity index (χ0) is 21.5. The van der Waals surface area contributed by atoms with E-state index in [9.17, 15) is 0 Å². The van der Waals surface area contributed by atoms with E-state index in [4.69, 9.17) is 9.97 Å². The molecule has 0 fully saturated rings. The van der Waals surface area contributed by atoms with E-state index in [2.05, 4.69) is 83.8 Å². The molecule has 0 N–H and O–H groups in total. The average molecular weight is 430 g/mol. The Morgan fingerprint density at radius 1 is 0.656 bits per heavy atom. The number of hydrogen-bond donors (Lipinski definition) is 0. The number of benzene rings is 3. The molecule has 32 heavy (non-hydrogen) atoms. The van der Waals surface area contributed by atoms with Crippen molar-refractivity contribution >= 4 is 31.5 Å². The van der Waals surface area contributed by atoms with Crippen LogP contribution in [-0.4, -0.2) is 15.0 Å². The van der Waals surface area contributed by atoms with Gasteiger partial charge in [0.25, 0.3) is 0 Å². The van der Waals surface area contributed by atoms with Crippen LogP contribution in [0.5, 0.6) is 0 Å². The molecule has 0 unspecified atom stereocenters. The van der Waals surface area contributed by atoms with Crippen LogP contribution in [0.3, 0.4) is 0 Å². The molecule has 0 bridgehead atoms. The van der Waals surface area contributed by atoms with Crippen molar-refractivity contribution in [1.29, 1.82) is 0 Å². The summed E-state index contributed by atoms with van der Waals surface area (Å²) in [4.78, 5) is 13.8. The number of aryl methyl sites for hydroxylation is 1. The van der Waals surface area contributed by atoms with Crippen LogP contribution in [-0.2, 0) is 0 Å². The first-order valence-electron chi connectivity index (χ1n) is 10.5. The second-order valence-electron chi connectivity index (χ2n) is 7.79. The fourth-order valence-electron chi connectivity index (χ4n) is 4.19. The summed E-state index contributed by atoms with van der Waals surface area (Å²) in [5.74, 6) is 0.766. The predicted octanol–water partition coefficient (Wildman–Crippen LogP) is 7.55. The molecule has 0 amide bonds. The highest BCUT2D eigenvalue weighted by atomic mass is 32.1. The third kappa shape index (κ3) is 3.26. The Kier molecular flexibility index (Phi) is 4.51. The molecule has 6 aromatic rings. The fourth-order valence-corrected chi connectivity index (χ4v) is 5.42. The van der Waals surface area contributed by atoms with Crippen LogP contribution in [0.25, 0.3) is 53.8 Å². The first kappa shape index (κ1) is 18.8. The lowest BCUT2D eigenvalue weighted by atomic mass is 10.0. The van der Waals surface area contributed by atoms with E-state index in [1.165, 1.54) is 20.2 Å². The number of hydrogen-bond acceptors (Lipinski definition) is 4. The largest absolute Gasteiger partial charge is 0.264 e. The van der Waals surface area contributed by atoms with Gasteiger partial charge in [-0.05, 0) is 36.8 Å². The zero-order valence-electron chi connectivity index (χ0n) is 17.5. The molecular formula is C28H19N3S. The van der Waals surface area contributed by atoms with E-state index in [0.29, 0.717) is 0 Å². The van der Waals surface area contributed by atoms with Crippen LogP contribution in [0, 0.1) is 6.92 Å². The van der Waals surface area contributed by atoms with Gasteiger partial charge in [0.1, 0.15) is 5.82 Å². The number of fused-ring (bicyclic) bond motifs is 3. The summed E-state index contributed by atoms with van der Waals surface area (Å²) in [6.07, 6.45) is 3.68. The molecule has 152 valence electrons. The zero-order valence-corrected chi connectivity index (χ0v) is 18.3. The Morgan fingerprint density at radius 3 is 2.34 bits per heavy atom. The van der Waals surface area contributed by atoms with Crippen LogP contribution in [0.15, 0.2) is 97.3 Å². The van der Waals surface area contributed by atoms with Gasteiger partial charge in [-0.15, -0.1) is 11.3 Å². The van der Waals surface area contributed by atoms with E-state index >= 15 is 0 Å². The highest BCUT2D eigenvalue weighted by Crippen LogP contribution is 2.39. The summed E-state index contributed by atoms with van der Waals surface area (Å²) in [5, 5.41) is 2.57. The van der Waals surface area contributed by atoms with E-state index in [1.807, 2.05) is 30.5 Å². The average Bonchev–Trinajstić information content (AvgIpc) is 3.23. The minimum Gasteiger partial charge on any atom is -0.264 e. The summed E-state index contributed by atoms with van der Waals surface area (Å²) in [6.45, 7) is 1.96. The topological polar surface area (TPSA) is 38.7 Å². The highest BCUT2D eigenvalue weighted by molar-refractivity contribution is 7.26. The Balaban J connectivity index is 1.51. The monoisotopic (exact) mass is 429 g/mol. The van der Waals surface area contributed by atoms with Gasteiger partial charge in [-0.25, -0.2) is 9.97 Å². The summed E-state index contributed by atoms with van der Waals surface area (Å²) in [5.41, 5.74) is 6.32. The van der Waals surface area contributed by atoms with Crippen molar-refractivity contribution in [3.05, 3.63) is 103 Å². The number of nitrogens with zero attached hydrogens (tertiary/aromatic N) is 3. The lowest BCUT2D eigenvalue weighted by molar-refractivity contribution is 1.06. The minimum atomic E-state index is 0.766. The summed E-state index contributed by atoms with van der Waals surface area (Å²) in [6, 6.07) is 29.6. The maximum atomic E-state index is 4.82. The van der Waals surface area contributed by atoms with Crippen molar-refractivity contribution < 1.29 is 0 Å². The van der Waals surface area contributed by atoms with Gasteiger partial charge in [-0.3, -0.25) is 4.98 Å². The smallest absolute Gasteiger partial charge is 0.126 e. The maximum absolute atomic E-state index is 4.82. The van der Waals surface area contributed by atoms with Gasteiger partial charge in [0, 0.05) is 49.3 Å². The molecular weight excluding hydrogens is 410 g/mol. The fraction of sp³-hybridized carbons (Fsp3) is 0.0357. The summed E-state index contributed by atoms with van der Waals surface area (Å²) >= 11 is 1.82. The molecule has 0 saturated carbocycles. The molecule has 0 aliphatic heterocycles. The molecule has 4 heteroatoms. The van der Waals surface area contributed by atoms with Crippen molar-refractivity contribution in [3.63, 3.8) is 0 Å². The lowest BCUT2D eigenvalue weighted by Crippen LogP contribution is -1.95. The first-order chi connectivity index (χ1) is 15.8. The molecule has 0 radical (unpaired) electrons.